The van der Waals surface area contributed by atoms with Crippen molar-refractivity contribution in [3.05, 3.63) is 23.8 Å². The van der Waals surface area contributed by atoms with Crippen LogP contribution in [0.25, 0.3) is 0 Å². The summed E-state index contributed by atoms with van der Waals surface area (Å²) >= 11 is 5.60. The number of halogens is 1. The molecule has 1 amide bonds. The van der Waals surface area contributed by atoms with E-state index in [4.69, 9.17) is 21.6 Å². The van der Waals surface area contributed by atoms with Gasteiger partial charge >= 0.3 is 0 Å². The summed E-state index contributed by atoms with van der Waals surface area (Å²) in [6, 6.07) is 6.99. The second-order valence-corrected chi connectivity index (χ2v) is 3.85. The van der Waals surface area contributed by atoms with Crippen molar-refractivity contribution in [1.82, 2.24) is 0 Å². The third-order valence-corrected chi connectivity index (χ3v) is 2.76. The van der Waals surface area contributed by atoms with E-state index in [1.165, 1.54) is 7.11 Å². The molecule has 1 unspecified atom stereocenters. The number of anilines is 1. The van der Waals surface area contributed by atoms with Crippen LogP contribution >= 0.6 is 11.6 Å². The van der Waals surface area contributed by atoms with E-state index >= 15 is 0 Å². The third kappa shape index (κ3) is 3.11. The molecule has 0 spiro atoms. The molecule has 1 aromatic rings. The van der Waals surface area contributed by atoms with E-state index in [2.05, 4.69) is 5.32 Å². The number of alkyl halides is 1. The number of nitrogens with zero attached hydrogens (tertiary/aromatic N) is 1. The standard InChI is InChI=1S/C12H13ClN2O2/c1-8(6-13)12(16)15-11-9(7-14)4-3-5-10(11)17-2/h3-5,8H,6H2,1-2H3,(H,15,16). The Morgan fingerprint density at radius 1 is 1.65 bits per heavy atom. The molecule has 5 heteroatoms. The molecule has 0 aliphatic rings. The molecular weight excluding hydrogens is 240 g/mol. The van der Waals surface area contributed by atoms with Gasteiger partial charge in [0.1, 0.15) is 17.5 Å². The molecule has 90 valence electrons. The SMILES string of the molecule is COc1cccc(C#N)c1NC(=O)C(C)CCl. The highest BCUT2D eigenvalue weighted by Gasteiger charge is 2.16. The predicted octanol–water partition coefficient (Wildman–Crippen LogP) is 2.38. The van der Waals surface area contributed by atoms with Crippen molar-refractivity contribution in [1.29, 1.82) is 5.26 Å². The van der Waals surface area contributed by atoms with Crippen LogP contribution < -0.4 is 10.1 Å². The minimum absolute atomic E-state index is 0.225. The number of benzene rings is 1. The summed E-state index contributed by atoms with van der Waals surface area (Å²) in [5, 5.41) is 11.6. The lowest BCUT2D eigenvalue weighted by Crippen LogP contribution is -2.22. The van der Waals surface area contributed by atoms with Crippen molar-refractivity contribution in [3.8, 4) is 11.8 Å². The van der Waals surface area contributed by atoms with Gasteiger partial charge in [0.2, 0.25) is 5.91 Å². The first kappa shape index (κ1) is 13.3. The zero-order valence-electron chi connectivity index (χ0n) is 9.66. The van der Waals surface area contributed by atoms with E-state index in [0.29, 0.717) is 17.0 Å². The van der Waals surface area contributed by atoms with Crippen LogP contribution in [0, 0.1) is 17.2 Å². The summed E-state index contributed by atoms with van der Waals surface area (Å²) in [6.45, 7) is 1.71. The molecule has 0 radical (unpaired) electrons. The molecule has 17 heavy (non-hydrogen) atoms. The van der Waals surface area contributed by atoms with Gasteiger partial charge in [-0.2, -0.15) is 5.26 Å². The smallest absolute Gasteiger partial charge is 0.228 e. The molecule has 1 N–H and O–H groups in total. The number of methoxy groups -OCH3 is 1. The quantitative estimate of drug-likeness (QED) is 0.837. The van der Waals surface area contributed by atoms with Crippen molar-refractivity contribution >= 4 is 23.2 Å². The van der Waals surface area contributed by atoms with Crippen LogP contribution in [0.15, 0.2) is 18.2 Å². The lowest BCUT2D eigenvalue weighted by molar-refractivity contribution is -0.118. The average Bonchev–Trinajstić information content (AvgIpc) is 2.37. The Labute approximate surface area is 105 Å². The van der Waals surface area contributed by atoms with Crippen molar-refractivity contribution in [2.24, 2.45) is 5.92 Å². The molecule has 0 aromatic heterocycles. The second-order valence-electron chi connectivity index (χ2n) is 3.54. The fraction of sp³-hybridized carbons (Fsp3) is 0.333. The van der Waals surface area contributed by atoms with Gasteiger partial charge in [-0.05, 0) is 12.1 Å². The number of ether oxygens (including phenoxy) is 1. The Kier molecular flexibility index (Phi) is 4.80. The Hall–Kier alpha value is -1.73. The highest BCUT2D eigenvalue weighted by molar-refractivity contribution is 6.19. The minimum Gasteiger partial charge on any atom is -0.495 e. The summed E-state index contributed by atoms with van der Waals surface area (Å²) in [6.07, 6.45) is 0. The molecule has 0 fully saturated rings. The summed E-state index contributed by atoms with van der Waals surface area (Å²) < 4.78 is 5.10. The van der Waals surface area contributed by atoms with Crippen molar-refractivity contribution in [2.75, 3.05) is 18.3 Å². The monoisotopic (exact) mass is 252 g/mol. The van der Waals surface area contributed by atoms with E-state index in [0.717, 1.165) is 0 Å². The van der Waals surface area contributed by atoms with E-state index in [-0.39, 0.29) is 17.7 Å². The predicted molar refractivity (Wildman–Crippen MR) is 66.2 cm³/mol. The van der Waals surface area contributed by atoms with Crippen molar-refractivity contribution in [3.63, 3.8) is 0 Å². The third-order valence-electron chi connectivity index (χ3n) is 2.29. The van der Waals surface area contributed by atoms with Gasteiger partial charge in [-0.1, -0.05) is 13.0 Å². The zero-order valence-corrected chi connectivity index (χ0v) is 10.4. The van der Waals surface area contributed by atoms with Gasteiger partial charge in [0.05, 0.1) is 12.7 Å². The van der Waals surface area contributed by atoms with Crippen LogP contribution in [0.1, 0.15) is 12.5 Å². The molecule has 1 atom stereocenters. The maximum absolute atomic E-state index is 11.7. The van der Waals surface area contributed by atoms with Gasteiger partial charge in [0.25, 0.3) is 0 Å². The number of nitriles is 1. The van der Waals surface area contributed by atoms with Crippen LogP contribution in [0.3, 0.4) is 0 Å². The largest absolute Gasteiger partial charge is 0.495 e. The number of para-hydroxylation sites is 1. The maximum atomic E-state index is 11.7. The van der Waals surface area contributed by atoms with Gasteiger partial charge in [0, 0.05) is 11.8 Å². The number of carbonyl (C=O) groups excluding carboxylic acids is 1. The zero-order chi connectivity index (χ0) is 12.8. The summed E-state index contributed by atoms with van der Waals surface area (Å²) in [5.74, 6) is 0.122. The first-order valence-corrected chi connectivity index (χ1v) is 5.61. The van der Waals surface area contributed by atoms with Crippen LogP contribution in [0.2, 0.25) is 0 Å². The topological polar surface area (TPSA) is 62.1 Å². The van der Waals surface area contributed by atoms with Crippen LogP contribution in [0.4, 0.5) is 5.69 Å². The number of rotatable bonds is 4. The van der Waals surface area contributed by atoms with Gasteiger partial charge in [-0.15, -0.1) is 11.6 Å². The molecule has 1 aromatic carbocycles. The fourth-order valence-corrected chi connectivity index (χ4v) is 1.38. The number of amides is 1. The summed E-state index contributed by atoms with van der Waals surface area (Å²) in [5.41, 5.74) is 0.749. The number of hydrogen-bond donors (Lipinski definition) is 1. The van der Waals surface area contributed by atoms with E-state index in [9.17, 15) is 4.79 Å². The summed E-state index contributed by atoms with van der Waals surface area (Å²) in [7, 11) is 1.48. The molecule has 0 bridgehead atoms. The highest BCUT2D eigenvalue weighted by atomic mass is 35.5. The van der Waals surface area contributed by atoms with E-state index in [1.807, 2.05) is 6.07 Å². The number of carbonyl (C=O) groups is 1. The van der Waals surface area contributed by atoms with E-state index < -0.39 is 0 Å². The molecule has 0 aliphatic heterocycles. The minimum atomic E-state index is -0.326. The van der Waals surface area contributed by atoms with Gasteiger partial charge in [-0.25, -0.2) is 0 Å². The molecular formula is C12H13ClN2O2. The Bertz CT molecular complexity index is 454. The fourth-order valence-electron chi connectivity index (χ4n) is 1.24. The first-order chi connectivity index (χ1) is 8.13. The number of hydrogen-bond acceptors (Lipinski definition) is 3. The molecule has 0 saturated heterocycles. The highest BCUT2D eigenvalue weighted by Crippen LogP contribution is 2.28. The molecule has 0 aliphatic carbocycles. The van der Waals surface area contributed by atoms with Crippen LogP contribution in [0.5, 0.6) is 5.75 Å². The van der Waals surface area contributed by atoms with Crippen LogP contribution in [-0.4, -0.2) is 18.9 Å². The van der Waals surface area contributed by atoms with Crippen LogP contribution in [-0.2, 0) is 4.79 Å². The Morgan fingerprint density at radius 3 is 2.88 bits per heavy atom. The summed E-state index contributed by atoms with van der Waals surface area (Å²) in [4.78, 5) is 11.7. The van der Waals surface area contributed by atoms with Gasteiger partial charge < -0.3 is 10.1 Å². The number of nitrogens with one attached hydrogen (secondary N) is 1. The van der Waals surface area contributed by atoms with Gasteiger partial charge in [0.15, 0.2) is 0 Å². The van der Waals surface area contributed by atoms with E-state index in [1.54, 1.807) is 25.1 Å². The molecule has 0 heterocycles. The second kappa shape index (κ2) is 6.12. The molecule has 1 rings (SSSR count). The average molecular weight is 253 g/mol. The van der Waals surface area contributed by atoms with Gasteiger partial charge in [-0.3, -0.25) is 4.79 Å². The lowest BCUT2D eigenvalue weighted by Gasteiger charge is -2.13. The molecule has 0 saturated carbocycles. The van der Waals surface area contributed by atoms with Crippen molar-refractivity contribution < 1.29 is 9.53 Å². The molecule has 4 nitrogen and oxygen atoms in total. The lowest BCUT2D eigenvalue weighted by atomic mass is 10.1. The Balaban J connectivity index is 3.04. The first-order valence-electron chi connectivity index (χ1n) is 5.08. The normalized spacial score (nSPS) is 11.4. The maximum Gasteiger partial charge on any atom is 0.228 e. The van der Waals surface area contributed by atoms with Crippen molar-refractivity contribution in [2.45, 2.75) is 6.92 Å². The Morgan fingerprint density at radius 2 is 2.35 bits per heavy atom.